The minimum atomic E-state index is -0.286. The monoisotopic (exact) mass is 192 g/mol. The molecular weight excluding hydrogens is 172 g/mol. The van der Waals surface area contributed by atoms with Crippen LogP contribution >= 0.6 is 11.8 Å². The van der Waals surface area contributed by atoms with Gasteiger partial charge in [-0.25, -0.2) is 0 Å². The van der Waals surface area contributed by atoms with Crippen molar-refractivity contribution in [1.29, 1.82) is 0 Å². The zero-order chi connectivity index (χ0) is 9.40. The molecule has 1 atom stereocenters. The molecule has 0 radical (unpaired) electrons. The number of thioether (sulfide) groups is 1. The van der Waals surface area contributed by atoms with Crippen LogP contribution in [0.4, 0.5) is 0 Å². The Kier molecular flexibility index (Phi) is 8.07. The number of aliphatic hydroxyl groups is 1. The Bertz CT molecular complexity index is 96.5. The highest BCUT2D eigenvalue weighted by molar-refractivity contribution is 7.99. The van der Waals surface area contributed by atoms with E-state index >= 15 is 0 Å². The first-order valence-corrected chi connectivity index (χ1v) is 5.69. The van der Waals surface area contributed by atoms with Gasteiger partial charge in [-0.15, -0.1) is 0 Å². The van der Waals surface area contributed by atoms with Gasteiger partial charge in [0.25, 0.3) is 0 Å². The smallest absolute Gasteiger partial charge is 0.0781 e. The van der Waals surface area contributed by atoms with Crippen molar-refractivity contribution in [2.45, 2.75) is 39.4 Å². The average molecular weight is 192 g/mol. The minimum Gasteiger partial charge on any atom is -0.391 e. The fourth-order valence-electron chi connectivity index (χ4n) is 0.751. The van der Waals surface area contributed by atoms with E-state index in [1.165, 1.54) is 0 Å². The third kappa shape index (κ3) is 8.37. The van der Waals surface area contributed by atoms with Crippen molar-refractivity contribution in [2.24, 2.45) is 0 Å². The molecule has 0 fully saturated rings. The highest BCUT2D eigenvalue weighted by Crippen LogP contribution is 2.04. The second kappa shape index (κ2) is 7.90. The number of aliphatic hydroxyl groups excluding tert-OH is 1. The highest BCUT2D eigenvalue weighted by Gasteiger charge is 2.04. The molecule has 0 aromatic heterocycles. The van der Waals surface area contributed by atoms with Crippen molar-refractivity contribution in [3.8, 4) is 0 Å². The van der Waals surface area contributed by atoms with Crippen LogP contribution in [0, 0.1) is 0 Å². The van der Waals surface area contributed by atoms with Crippen molar-refractivity contribution in [2.75, 3.05) is 18.1 Å². The van der Waals surface area contributed by atoms with Gasteiger partial charge in [0.2, 0.25) is 0 Å². The molecule has 0 bridgehead atoms. The van der Waals surface area contributed by atoms with Crippen molar-refractivity contribution in [1.82, 2.24) is 0 Å². The van der Waals surface area contributed by atoms with Crippen LogP contribution in [0.1, 0.15) is 27.2 Å². The van der Waals surface area contributed by atoms with Crippen LogP contribution < -0.4 is 0 Å². The van der Waals surface area contributed by atoms with Gasteiger partial charge >= 0.3 is 0 Å². The lowest BCUT2D eigenvalue weighted by Crippen LogP contribution is -2.18. The number of hydrogen-bond donors (Lipinski definition) is 1. The van der Waals surface area contributed by atoms with Gasteiger partial charge in [-0.05, 0) is 31.8 Å². The van der Waals surface area contributed by atoms with Gasteiger partial charge < -0.3 is 9.84 Å². The lowest BCUT2D eigenvalue weighted by atomic mass is 10.3. The first kappa shape index (κ1) is 12.3. The summed E-state index contributed by atoms with van der Waals surface area (Å²) in [6.45, 7) is 6.56. The second-order valence-corrected chi connectivity index (χ2v) is 4.42. The van der Waals surface area contributed by atoms with E-state index in [0.717, 1.165) is 17.9 Å². The maximum atomic E-state index is 9.39. The quantitative estimate of drug-likeness (QED) is 0.625. The summed E-state index contributed by atoms with van der Waals surface area (Å²) in [5, 5.41) is 9.39. The van der Waals surface area contributed by atoms with Crippen LogP contribution in [0.15, 0.2) is 0 Å². The number of ether oxygens (including phenoxy) is 1. The Morgan fingerprint density at radius 3 is 2.58 bits per heavy atom. The van der Waals surface area contributed by atoms with Crippen molar-refractivity contribution in [3.63, 3.8) is 0 Å². The largest absolute Gasteiger partial charge is 0.391 e. The van der Waals surface area contributed by atoms with Crippen LogP contribution in [-0.4, -0.2) is 35.4 Å². The van der Waals surface area contributed by atoms with Gasteiger partial charge in [0, 0.05) is 0 Å². The Hall–Kier alpha value is 0.270. The van der Waals surface area contributed by atoms with E-state index in [9.17, 15) is 5.11 Å². The molecule has 0 saturated carbocycles. The molecule has 2 nitrogen and oxygen atoms in total. The average Bonchev–Trinajstić information content (AvgIpc) is 2.01. The van der Waals surface area contributed by atoms with Gasteiger partial charge in [0.15, 0.2) is 0 Å². The SMILES string of the molecule is CCSCCC(O)COC(C)C. The van der Waals surface area contributed by atoms with E-state index in [1.807, 2.05) is 25.6 Å². The van der Waals surface area contributed by atoms with Crippen molar-refractivity contribution >= 4 is 11.8 Å². The van der Waals surface area contributed by atoms with E-state index in [1.54, 1.807) is 0 Å². The maximum absolute atomic E-state index is 9.39. The topological polar surface area (TPSA) is 29.5 Å². The second-order valence-electron chi connectivity index (χ2n) is 3.02. The van der Waals surface area contributed by atoms with Gasteiger partial charge in [-0.1, -0.05) is 6.92 Å². The molecule has 1 N–H and O–H groups in total. The molecular formula is C9H20O2S. The normalized spacial score (nSPS) is 13.8. The molecule has 0 saturated heterocycles. The molecule has 0 aromatic rings. The predicted octanol–water partition coefficient (Wildman–Crippen LogP) is 1.92. The standard InChI is InChI=1S/C9H20O2S/c1-4-12-6-5-9(10)7-11-8(2)3/h8-10H,4-7H2,1-3H3. The summed E-state index contributed by atoms with van der Waals surface area (Å²) >= 11 is 1.86. The van der Waals surface area contributed by atoms with E-state index in [4.69, 9.17) is 4.74 Å². The fraction of sp³-hybridized carbons (Fsp3) is 1.00. The van der Waals surface area contributed by atoms with E-state index in [2.05, 4.69) is 6.92 Å². The third-order valence-corrected chi connectivity index (χ3v) is 2.35. The molecule has 74 valence electrons. The van der Waals surface area contributed by atoms with Crippen LogP contribution in [0.25, 0.3) is 0 Å². The first-order chi connectivity index (χ1) is 5.66. The molecule has 3 heteroatoms. The zero-order valence-corrected chi connectivity index (χ0v) is 9.06. The highest BCUT2D eigenvalue weighted by atomic mass is 32.2. The molecule has 0 aromatic carbocycles. The van der Waals surface area contributed by atoms with E-state index in [0.29, 0.717) is 6.61 Å². The van der Waals surface area contributed by atoms with Crippen molar-refractivity contribution < 1.29 is 9.84 Å². The summed E-state index contributed by atoms with van der Waals surface area (Å²) in [5.41, 5.74) is 0. The summed E-state index contributed by atoms with van der Waals surface area (Å²) in [7, 11) is 0. The van der Waals surface area contributed by atoms with Crippen LogP contribution in [0.2, 0.25) is 0 Å². The van der Waals surface area contributed by atoms with Crippen LogP contribution in [0.5, 0.6) is 0 Å². The Morgan fingerprint density at radius 2 is 2.08 bits per heavy atom. The summed E-state index contributed by atoms with van der Waals surface area (Å²) in [4.78, 5) is 0. The van der Waals surface area contributed by atoms with Gasteiger partial charge in [-0.2, -0.15) is 11.8 Å². The fourth-order valence-corrected chi connectivity index (χ4v) is 1.48. The Balaban J connectivity index is 3.15. The summed E-state index contributed by atoms with van der Waals surface area (Å²) in [5.74, 6) is 2.15. The van der Waals surface area contributed by atoms with Crippen molar-refractivity contribution in [3.05, 3.63) is 0 Å². The summed E-state index contributed by atoms with van der Waals surface area (Å²) in [6.07, 6.45) is 0.774. The Morgan fingerprint density at radius 1 is 1.42 bits per heavy atom. The Labute approximate surface area is 79.7 Å². The molecule has 12 heavy (non-hydrogen) atoms. The molecule has 0 amide bonds. The van der Waals surface area contributed by atoms with Crippen LogP contribution in [-0.2, 0) is 4.74 Å². The summed E-state index contributed by atoms with van der Waals surface area (Å²) < 4.78 is 5.28. The van der Waals surface area contributed by atoms with Gasteiger partial charge in [0.1, 0.15) is 0 Å². The molecule has 0 spiro atoms. The maximum Gasteiger partial charge on any atom is 0.0781 e. The lowest BCUT2D eigenvalue weighted by Gasteiger charge is -2.12. The summed E-state index contributed by atoms with van der Waals surface area (Å²) in [6, 6.07) is 0. The first-order valence-electron chi connectivity index (χ1n) is 4.54. The van der Waals surface area contributed by atoms with Gasteiger partial charge in [0.05, 0.1) is 18.8 Å². The predicted molar refractivity (Wildman–Crippen MR) is 54.7 cm³/mol. The molecule has 0 rings (SSSR count). The molecule has 0 aliphatic heterocycles. The molecule has 1 unspecified atom stereocenters. The zero-order valence-electron chi connectivity index (χ0n) is 8.25. The number of hydrogen-bond acceptors (Lipinski definition) is 3. The third-order valence-electron chi connectivity index (χ3n) is 1.42. The van der Waals surface area contributed by atoms with E-state index in [-0.39, 0.29) is 12.2 Å². The molecule has 0 aliphatic rings. The molecule has 0 heterocycles. The molecule has 0 aliphatic carbocycles. The minimum absolute atomic E-state index is 0.221. The van der Waals surface area contributed by atoms with Crippen LogP contribution in [0.3, 0.4) is 0 Å². The lowest BCUT2D eigenvalue weighted by molar-refractivity contribution is 0.00509. The van der Waals surface area contributed by atoms with E-state index < -0.39 is 0 Å². The van der Waals surface area contributed by atoms with Gasteiger partial charge in [-0.3, -0.25) is 0 Å². The number of rotatable bonds is 7.